The molecule has 0 bridgehead atoms. The Kier molecular flexibility index (Phi) is 5.09. The molecule has 120 valence electrons. The molecule has 0 aromatic heterocycles. The van der Waals surface area contributed by atoms with Crippen molar-refractivity contribution in [3.8, 4) is 0 Å². The first-order valence-electron chi connectivity index (χ1n) is 8.30. The fraction of sp³-hybridized carbons (Fsp3) is 0.350. The quantitative estimate of drug-likeness (QED) is 0.939. The number of benzene rings is 2. The average Bonchev–Trinajstić information content (AvgIpc) is 2.63. The van der Waals surface area contributed by atoms with Crippen molar-refractivity contribution in [2.45, 2.75) is 31.3 Å². The van der Waals surface area contributed by atoms with Crippen LogP contribution in [0.25, 0.3) is 0 Å². The van der Waals surface area contributed by atoms with E-state index in [0.717, 1.165) is 31.5 Å². The van der Waals surface area contributed by atoms with Gasteiger partial charge in [-0.15, -0.1) is 0 Å². The summed E-state index contributed by atoms with van der Waals surface area (Å²) >= 11 is 0. The number of hydrogen-bond acceptors (Lipinski definition) is 2. The molecule has 1 fully saturated rings. The predicted molar refractivity (Wildman–Crippen MR) is 91.0 cm³/mol. The normalized spacial score (nSPS) is 17.0. The van der Waals surface area contributed by atoms with Crippen LogP contribution in [0.1, 0.15) is 42.4 Å². The van der Waals surface area contributed by atoms with E-state index >= 15 is 0 Å². The lowest BCUT2D eigenvalue weighted by Crippen LogP contribution is -2.38. The Morgan fingerprint density at radius 1 is 1.00 bits per heavy atom. The topological polar surface area (TPSA) is 40.5 Å². The van der Waals surface area contributed by atoms with Gasteiger partial charge in [-0.05, 0) is 29.9 Å². The van der Waals surface area contributed by atoms with Crippen molar-refractivity contribution in [2.75, 3.05) is 13.1 Å². The molecule has 2 aromatic rings. The Morgan fingerprint density at radius 2 is 1.57 bits per heavy atom. The standard InChI is InChI=1S/C20H23NO2/c22-19(18-9-5-2-6-10-18)15-20(23)21-13-11-17(12-14-21)16-7-3-1-4-8-16/h1-10,17,19,22H,11-15H2. The third-order valence-corrected chi connectivity index (χ3v) is 4.67. The molecule has 0 spiro atoms. The van der Waals surface area contributed by atoms with Crippen molar-refractivity contribution < 1.29 is 9.90 Å². The second-order valence-electron chi connectivity index (χ2n) is 6.20. The first-order valence-corrected chi connectivity index (χ1v) is 8.30. The molecule has 3 heteroatoms. The van der Waals surface area contributed by atoms with Crippen LogP contribution in [0.2, 0.25) is 0 Å². The van der Waals surface area contributed by atoms with Crippen LogP contribution in [-0.2, 0) is 4.79 Å². The number of carbonyl (C=O) groups is 1. The molecule has 1 amide bonds. The second kappa shape index (κ2) is 7.42. The maximum Gasteiger partial charge on any atom is 0.225 e. The number of nitrogens with zero attached hydrogens (tertiary/aromatic N) is 1. The number of piperidine rings is 1. The molecule has 1 unspecified atom stereocenters. The lowest BCUT2D eigenvalue weighted by molar-refractivity contribution is -0.134. The summed E-state index contributed by atoms with van der Waals surface area (Å²) < 4.78 is 0. The first kappa shape index (κ1) is 15.8. The van der Waals surface area contributed by atoms with Gasteiger partial charge in [0.25, 0.3) is 0 Å². The van der Waals surface area contributed by atoms with Gasteiger partial charge in [-0.1, -0.05) is 60.7 Å². The molecule has 1 atom stereocenters. The summed E-state index contributed by atoms with van der Waals surface area (Å²) in [6, 6.07) is 19.9. The van der Waals surface area contributed by atoms with Gasteiger partial charge < -0.3 is 10.0 Å². The summed E-state index contributed by atoms with van der Waals surface area (Å²) in [4.78, 5) is 14.3. The van der Waals surface area contributed by atoms with E-state index in [4.69, 9.17) is 0 Å². The van der Waals surface area contributed by atoms with Crippen molar-refractivity contribution in [1.82, 2.24) is 4.90 Å². The van der Waals surface area contributed by atoms with Gasteiger partial charge in [0.15, 0.2) is 0 Å². The van der Waals surface area contributed by atoms with Crippen LogP contribution in [0.5, 0.6) is 0 Å². The summed E-state index contributed by atoms with van der Waals surface area (Å²) in [5.41, 5.74) is 2.17. The van der Waals surface area contributed by atoms with Crippen LogP contribution in [-0.4, -0.2) is 29.0 Å². The Morgan fingerprint density at radius 3 is 2.17 bits per heavy atom. The Balaban J connectivity index is 1.52. The predicted octanol–water partition coefficient (Wildman–Crippen LogP) is 3.52. The maximum atomic E-state index is 12.4. The van der Waals surface area contributed by atoms with Crippen molar-refractivity contribution in [1.29, 1.82) is 0 Å². The van der Waals surface area contributed by atoms with E-state index < -0.39 is 6.10 Å². The van der Waals surface area contributed by atoms with E-state index in [1.807, 2.05) is 41.3 Å². The van der Waals surface area contributed by atoms with E-state index in [9.17, 15) is 9.90 Å². The molecule has 1 aliphatic heterocycles. The Bertz CT molecular complexity index is 619. The first-order chi connectivity index (χ1) is 11.2. The third-order valence-electron chi connectivity index (χ3n) is 4.67. The summed E-state index contributed by atoms with van der Waals surface area (Å²) in [5.74, 6) is 0.590. The van der Waals surface area contributed by atoms with Crippen LogP contribution in [0.4, 0.5) is 0 Å². The highest BCUT2D eigenvalue weighted by molar-refractivity contribution is 5.77. The van der Waals surface area contributed by atoms with E-state index in [1.54, 1.807) is 0 Å². The van der Waals surface area contributed by atoms with Crippen molar-refractivity contribution in [3.63, 3.8) is 0 Å². The van der Waals surface area contributed by atoms with Crippen molar-refractivity contribution in [2.24, 2.45) is 0 Å². The number of rotatable bonds is 4. The molecule has 0 aliphatic carbocycles. The van der Waals surface area contributed by atoms with E-state index in [2.05, 4.69) is 24.3 Å². The molecule has 2 aromatic carbocycles. The fourth-order valence-electron chi connectivity index (χ4n) is 3.27. The van der Waals surface area contributed by atoms with Gasteiger partial charge in [0.2, 0.25) is 5.91 Å². The SMILES string of the molecule is O=C(CC(O)c1ccccc1)N1CCC(c2ccccc2)CC1. The number of likely N-dealkylation sites (tertiary alicyclic amines) is 1. The minimum atomic E-state index is -0.712. The molecule has 1 heterocycles. The van der Waals surface area contributed by atoms with Crippen LogP contribution >= 0.6 is 0 Å². The molecule has 3 rings (SSSR count). The Hall–Kier alpha value is -2.13. The number of aliphatic hydroxyl groups excluding tert-OH is 1. The highest BCUT2D eigenvalue weighted by Crippen LogP contribution is 2.28. The number of carbonyl (C=O) groups excluding carboxylic acids is 1. The molecule has 1 N–H and O–H groups in total. The highest BCUT2D eigenvalue weighted by atomic mass is 16.3. The van der Waals surface area contributed by atoms with Crippen LogP contribution in [0.15, 0.2) is 60.7 Å². The van der Waals surface area contributed by atoms with Gasteiger partial charge in [0.1, 0.15) is 0 Å². The summed E-state index contributed by atoms with van der Waals surface area (Å²) in [6.07, 6.45) is 1.45. The third kappa shape index (κ3) is 3.99. The molecule has 3 nitrogen and oxygen atoms in total. The molecule has 23 heavy (non-hydrogen) atoms. The molecule has 1 aliphatic rings. The van der Waals surface area contributed by atoms with E-state index in [0.29, 0.717) is 5.92 Å². The highest BCUT2D eigenvalue weighted by Gasteiger charge is 2.25. The summed E-state index contributed by atoms with van der Waals surface area (Å²) in [6.45, 7) is 1.56. The minimum absolute atomic E-state index is 0.0489. The van der Waals surface area contributed by atoms with Gasteiger partial charge in [-0.2, -0.15) is 0 Å². The summed E-state index contributed by atoms with van der Waals surface area (Å²) in [7, 11) is 0. The number of aliphatic hydroxyl groups is 1. The Labute approximate surface area is 137 Å². The zero-order chi connectivity index (χ0) is 16.1. The van der Waals surface area contributed by atoms with Gasteiger partial charge in [0.05, 0.1) is 12.5 Å². The minimum Gasteiger partial charge on any atom is -0.388 e. The largest absolute Gasteiger partial charge is 0.388 e. The van der Waals surface area contributed by atoms with Gasteiger partial charge in [-0.25, -0.2) is 0 Å². The van der Waals surface area contributed by atoms with Gasteiger partial charge >= 0.3 is 0 Å². The average molecular weight is 309 g/mol. The molecular weight excluding hydrogens is 286 g/mol. The second-order valence-corrected chi connectivity index (χ2v) is 6.20. The lowest BCUT2D eigenvalue weighted by atomic mass is 9.89. The van der Waals surface area contributed by atoms with Gasteiger partial charge in [-0.3, -0.25) is 4.79 Å². The molecule has 0 saturated carbocycles. The zero-order valence-electron chi connectivity index (χ0n) is 13.3. The molecule has 1 saturated heterocycles. The smallest absolute Gasteiger partial charge is 0.225 e. The zero-order valence-corrected chi connectivity index (χ0v) is 13.3. The molecule has 0 radical (unpaired) electrons. The number of amides is 1. The van der Waals surface area contributed by atoms with Crippen molar-refractivity contribution in [3.05, 3.63) is 71.8 Å². The molecular formula is C20H23NO2. The maximum absolute atomic E-state index is 12.4. The number of hydrogen-bond donors (Lipinski definition) is 1. The summed E-state index contributed by atoms with van der Waals surface area (Å²) in [5, 5.41) is 10.2. The van der Waals surface area contributed by atoms with Crippen molar-refractivity contribution >= 4 is 5.91 Å². The lowest BCUT2D eigenvalue weighted by Gasteiger charge is -2.32. The van der Waals surface area contributed by atoms with Crippen LogP contribution in [0.3, 0.4) is 0 Å². The monoisotopic (exact) mass is 309 g/mol. The van der Waals surface area contributed by atoms with Crippen LogP contribution in [0, 0.1) is 0 Å². The van der Waals surface area contributed by atoms with Gasteiger partial charge in [0, 0.05) is 13.1 Å². The fourth-order valence-corrected chi connectivity index (χ4v) is 3.27. The van der Waals surface area contributed by atoms with E-state index in [1.165, 1.54) is 5.56 Å². The van der Waals surface area contributed by atoms with Crippen LogP contribution < -0.4 is 0 Å². The van der Waals surface area contributed by atoms with E-state index in [-0.39, 0.29) is 12.3 Å².